The number of anilines is 1. The van der Waals surface area contributed by atoms with Crippen LogP contribution in [0.15, 0.2) is 41.1 Å². The maximum absolute atomic E-state index is 11.2. The zero-order valence-electron chi connectivity index (χ0n) is 13.0. The zero-order chi connectivity index (χ0) is 15.5. The van der Waals surface area contributed by atoms with E-state index in [1.54, 1.807) is 6.21 Å². The molecule has 0 radical (unpaired) electrons. The molecule has 21 heavy (non-hydrogen) atoms. The second kappa shape index (κ2) is 5.99. The minimum absolute atomic E-state index is 0.0803. The summed E-state index contributed by atoms with van der Waals surface area (Å²) in [5, 5.41) is 6.54. The quantitative estimate of drug-likeness (QED) is 0.663. The fraction of sp³-hybridized carbons (Fsp3) is 0.375. The minimum atomic E-state index is -0.297. The van der Waals surface area contributed by atoms with E-state index in [2.05, 4.69) is 52.8 Å². The van der Waals surface area contributed by atoms with E-state index in [9.17, 15) is 4.79 Å². The molecule has 2 N–H and O–H groups in total. The Morgan fingerprint density at radius 2 is 2.10 bits per heavy atom. The Morgan fingerprint density at radius 3 is 2.76 bits per heavy atom. The minimum Gasteiger partial charge on any atom is -0.347 e. The number of nitrogens with zero attached hydrogens (tertiary/aromatic N) is 2. The molecule has 0 saturated heterocycles. The number of hydrazone groups is 1. The third-order valence-corrected chi connectivity index (χ3v) is 3.75. The van der Waals surface area contributed by atoms with Gasteiger partial charge in [-0.15, -0.1) is 0 Å². The van der Waals surface area contributed by atoms with E-state index in [1.807, 2.05) is 26.1 Å². The van der Waals surface area contributed by atoms with Gasteiger partial charge in [-0.05, 0) is 24.6 Å². The van der Waals surface area contributed by atoms with Crippen LogP contribution in [0, 0.1) is 0 Å². The van der Waals surface area contributed by atoms with Crippen molar-refractivity contribution < 1.29 is 4.79 Å². The van der Waals surface area contributed by atoms with Crippen molar-refractivity contribution in [3.8, 4) is 0 Å². The number of carbonyl (C=O) groups is 1. The number of amides is 2. The van der Waals surface area contributed by atoms with Crippen LogP contribution < -0.4 is 15.6 Å². The Hall–Kier alpha value is -2.30. The normalized spacial score (nSPS) is 18.1. The van der Waals surface area contributed by atoms with Crippen molar-refractivity contribution in [2.45, 2.75) is 26.2 Å². The molecule has 0 aliphatic carbocycles. The van der Waals surface area contributed by atoms with Crippen molar-refractivity contribution in [2.75, 3.05) is 18.5 Å². The topological polar surface area (TPSA) is 56.7 Å². The van der Waals surface area contributed by atoms with Gasteiger partial charge < -0.3 is 10.2 Å². The van der Waals surface area contributed by atoms with Crippen LogP contribution >= 0.6 is 0 Å². The van der Waals surface area contributed by atoms with Crippen LogP contribution in [0.3, 0.4) is 0 Å². The van der Waals surface area contributed by atoms with Crippen LogP contribution in [-0.2, 0) is 5.41 Å². The Kier molecular flexibility index (Phi) is 4.31. The van der Waals surface area contributed by atoms with E-state index >= 15 is 0 Å². The number of hydrogen-bond donors (Lipinski definition) is 2. The lowest BCUT2D eigenvalue weighted by Crippen LogP contribution is -2.31. The highest BCUT2D eigenvalue weighted by atomic mass is 16.2. The molecule has 1 aliphatic rings. The first-order chi connectivity index (χ1) is 9.98. The maximum atomic E-state index is 11.2. The number of benzene rings is 1. The molecular weight excluding hydrogens is 264 g/mol. The predicted octanol–water partition coefficient (Wildman–Crippen LogP) is 2.60. The second-order valence-corrected chi connectivity index (χ2v) is 5.50. The van der Waals surface area contributed by atoms with Gasteiger partial charge in [0, 0.05) is 36.6 Å². The molecule has 1 aliphatic heterocycles. The summed E-state index contributed by atoms with van der Waals surface area (Å²) in [6.45, 7) is 6.81. The number of allylic oxidation sites excluding steroid dienone is 2. The molecule has 1 heterocycles. The first-order valence-electron chi connectivity index (χ1n) is 7.09. The number of likely N-dealkylation sites (N-methyl/N-ethyl adjacent to an activating group) is 1. The predicted molar refractivity (Wildman–Crippen MR) is 86.7 cm³/mol. The molecule has 0 bridgehead atoms. The summed E-state index contributed by atoms with van der Waals surface area (Å²) in [7, 11) is 2.05. The van der Waals surface area contributed by atoms with Gasteiger partial charge in [0.15, 0.2) is 0 Å². The van der Waals surface area contributed by atoms with Crippen LogP contribution in [-0.4, -0.2) is 25.8 Å². The average Bonchev–Trinajstić information content (AvgIpc) is 2.64. The van der Waals surface area contributed by atoms with E-state index < -0.39 is 0 Å². The Bertz CT molecular complexity index is 590. The molecule has 0 atom stereocenters. The third-order valence-electron chi connectivity index (χ3n) is 3.75. The number of para-hydroxylation sites is 1. The SMILES string of the molecule is CCNC(=O)N/N=C/C=C1/N(C)c2ccccc2C1(C)C. The number of carbonyl (C=O) groups excluding carboxylic acids is 1. The van der Waals surface area contributed by atoms with Crippen molar-refractivity contribution >= 4 is 17.9 Å². The van der Waals surface area contributed by atoms with Crippen LogP contribution in [0.4, 0.5) is 10.5 Å². The number of rotatable bonds is 3. The van der Waals surface area contributed by atoms with Crippen molar-refractivity contribution in [3.63, 3.8) is 0 Å². The molecule has 0 saturated carbocycles. The summed E-state index contributed by atoms with van der Waals surface area (Å²) in [4.78, 5) is 13.4. The van der Waals surface area contributed by atoms with Gasteiger partial charge in [0.25, 0.3) is 0 Å². The fourth-order valence-corrected chi connectivity index (χ4v) is 2.71. The number of fused-ring (bicyclic) bond motifs is 1. The fourth-order valence-electron chi connectivity index (χ4n) is 2.71. The van der Waals surface area contributed by atoms with Crippen LogP contribution in [0.25, 0.3) is 0 Å². The summed E-state index contributed by atoms with van der Waals surface area (Å²) in [6.07, 6.45) is 3.56. The number of nitrogens with one attached hydrogen (secondary N) is 2. The van der Waals surface area contributed by atoms with E-state index in [1.165, 1.54) is 11.3 Å². The average molecular weight is 286 g/mol. The van der Waals surface area contributed by atoms with Gasteiger partial charge in [0.1, 0.15) is 0 Å². The van der Waals surface area contributed by atoms with Gasteiger partial charge in [-0.2, -0.15) is 5.10 Å². The van der Waals surface area contributed by atoms with Crippen LogP contribution in [0.2, 0.25) is 0 Å². The third kappa shape index (κ3) is 2.91. The summed E-state index contributed by atoms with van der Waals surface area (Å²) < 4.78 is 0. The molecule has 0 fully saturated rings. The van der Waals surface area contributed by atoms with Gasteiger partial charge in [-0.25, -0.2) is 10.2 Å². The molecular formula is C16H22N4O. The molecule has 0 aromatic heterocycles. The highest BCUT2D eigenvalue weighted by Crippen LogP contribution is 2.46. The summed E-state index contributed by atoms with van der Waals surface area (Å²) >= 11 is 0. The van der Waals surface area contributed by atoms with E-state index in [0.29, 0.717) is 6.54 Å². The van der Waals surface area contributed by atoms with E-state index in [4.69, 9.17) is 0 Å². The monoisotopic (exact) mass is 286 g/mol. The van der Waals surface area contributed by atoms with E-state index in [0.717, 1.165) is 5.70 Å². The summed E-state index contributed by atoms with van der Waals surface area (Å²) in [6, 6.07) is 8.06. The smallest absolute Gasteiger partial charge is 0.335 e. The molecule has 0 spiro atoms. The highest BCUT2D eigenvalue weighted by molar-refractivity contribution is 5.81. The summed E-state index contributed by atoms with van der Waals surface area (Å²) in [5.74, 6) is 0. The first-order valence-corrected chi connectivity index (χ1v) is 7.09. The molecule has 1 aromatic rings. The molecule has 2 amide bonds. The van der Waals surface area contributed by atoms with Gasteiger partial charge >= 0.3 is 6.03 Å². The number of urea groups is 1. The van der Waals surface area contributed by atoms with E-state index in [-0.39, 0.29) is 11.4 Å². The zero-order valence-corrected chi connectivity index (χ0v) is 13.0. The highest BCUT2D eigenvalue weighted by Gasteiger charge is 2.37. The molecule has 112 valence electrons. The van der Waals surface area contributed by atoms with Crippen molar-refractivity contribution in [2.24, 2.45) is 5.10 Å². The second-order valence-electron chi connectivity index (χ2n) is 5.50. The Balaban J connectivity index is 2.16. The van der Waals surface area contributed by atoms with Gasteiger partial charge in [-0.1, -0.05) is 32.0 Å². The van der Waals surface area contributed by atoms with Crippen molar-refractivity contribution in [1.82, 2.24) is 10.7 Å². The summed E-state index contributed by atoms with van der Waals surface area (Å²) in [5.41, 5.74) is 5.99. The lowest BCUT2D eigenvalue weighted by Gasteiger charge is -2.23. The van der Waals surface area contributed by atoms with Crippen LogP contribution in [0.1, 0.15) is 26.3 Å². The largest absolute Gasteiger partial charge is 0.347 e. The maximum Gasteiger partial charge on any atom is 0.335 e. The molecule has 2 rings (SSSR count). The first kappa shape index (κ1) is 15.1. The van der Waals surface area contributed by atoms with Crippen LogP contribution in [0.5, 0.6) is 0 Å². The van der Waals surface area contributed by atoms with Gasteiger partial charge in [-0.3, -0.25) is 0 Å². The molecule has 0 unspecified atom stereocenters. The molecule has 5 nitrogen and oxygen atoms in total. The Labute approximate surface area is 125 Å². The number of hydrogen-bond acceptors (Lipinski definition) is 3. The molecule has 1 aromatic carbocycles. The van der Waals surface area contributed by atoms with Crippen molar-refractivity contribution in [3.05, 3.63) is 41.6 Å². The Morgan fingerprint density at radius 1 is 1.38 bits per heavy atom. The standard InChI is InChI=1S/C16H22N4O/c1-5-17-15(21)19-18-11-10-14-16(2,3)12-8-6-7-9-13(12)20(14)4/h6-11H,5H2,1-4H3,(H2,17,19,21)/b14-10+,18-11+. The van der Waals surface area contributed by atoms with Gasteiger partial charge in [0.05, 0.1) is 0 Å². The lowest BCUT2D eigenvalue weighted by atomic mass is 9.84. The molecule has 5 heteroatoms. The van der Waals surface area contributed by atoms with Crippen molar-refractivity contribution in [1.29, 1.82) is 0 Å². The van der Waals surface area contributed by atoms with Gasteiger partial charge in [0.2, 0.25) is 0 Å². The lowest BCUT2D eigenvalue weighted by molar-refractivity contribution is 0.242.